The molecule has 0 radical (unpaired) electrons. The van der Waals surface area contributed by atoms with Gasteiger partial charge in [-0.1, -0.05) is 23.7 Å². The number of hydrogen-bond donors (Lipinski definition) is 1. The number of nitrogens with one attached hydrogen (secondary N) is 1. The molecular formula is C13H18ClNO. The van der Waals surface area contributed by atoms with Crippen LogP contribution in [0.4, 0.5) is 0 Å². The lowest BCUT2D eigenvalue weighted by Gasteiger charge is -2.18. The van der Waals surface area contributed by atoms with E-state index in [2.05, 4.69) is 19.2 Å². The molecule has 3 atom stereocenters. The number of halogens is 1. The van der Waals surface area contributed by atoms with E-state index in [1.165, 1.54) is 5.56 Å². The van der Waals surface area contributed by atoms with E-state index in [1.54, 1.807) is 0 Å². The highest BCUT2D eigenvalue weighted by molar-refractivity contribution is 6.30. The highest BCUT2D eigenvalue weighted by Gasteiger charge is 2.21. The van der Waals surface area contributed by atoms with Gasteiger partial charge in [0.25, 0.3) is 0 Å². The summed E-state index contributed by atoms with van der Waals surface area (Å²) in [6, 6.07) is 8.43. The predicted octanol–water partition coefficient (Wildman–Crippen LogP) is 3.17. The van der Waals surface area contributed by atoms with Gasteiger partial charge in [-0.3, -0.25) is 0 Å². The molecular weight excluding hydrogens is 222 g/mol. The van der Waals surface area contributed by atoms with Crippen LogP contribution in [0.1, 0.15) is 31.9 Å². The quantitative estimate of drug-likeness (QED) is 0.813. The number of ether oxygens (including phenoxy) is 1. The maximum atomic E-state index is 6.00. The number of rotatable bonds is 1. The summed E-state index contributed by atoms with van der Waals surface area (Å²) in [5, 5.41) is 4.25. The minimum absolute atomic E-state index is 0.136. The first-order chi connectivity index (χ1) is 7.65. The average Bonchev–Trinajstić information content (AvgIpc) is 2.41. The summed E-state index contributed by atoms with van der Waals surface area (Å²) in [4.78, 5) is 0. The Morgan fingerprint density at radius 3 is 2.62 bits per heavy atom. The van der Waals surface area contributed by atoms with Crippen LogP contribution in [0, 0.1) is 0 Å². The Balaban J connectivity index is 2.11. The second-order valence-corrected chi connectivity index (χ2v) is 4.97. The third-order valence-corrected chi connectivity index (χ3v) is 3.23. The van der Waals surface area contributed by atoms with Crippen molar-refractivity contribution in [2.24, 2.45) is 0 Å². The standard InChI is InChI=1S/C13H18ClNO/c1-9-7-10(2)16-13(8-15-9)11-3-5-12(14)6-4-11/h3-6,9-10,13,15H,7-8H2,1-2H3. The van der Waals surface area contributed by atoms with Gasteiger partial charge >= 0.3 is 0 Å². The first kappa shape index (κ1) is 11.9. The zero-order valence-corrected chi connectivity index (χ0v) is 10.5. The highest BCUT2D eigenvalue weighted by Crippen LogP contribution is 2.24. The molecule has 2 rings (SSSR count). The molecule has 88 valence electrons. The van der Waals surface area contributed by atoms with E-state index in [0.29, 0.717) is 12.1 Å². The van der Waals surface area contributed by atoms with Crippen LogP contribution in [-0.2, 0) is 4.74 Å². The van der Waals surface area contributed by atoms with Crippen LogP contribution in [0.3, 0.4) is 0 Å². The van der Waals surface area contributed by atoms with Crippen molar-refractivity contribution in [1.29, 1.82) is 0 Å². The topological polar surface area (TPSA) is 21.3 Å². The summed E-state index contributed by atoms with van der Waals surface area (Å²) in [7, 11) is 0. The van der Waals surface area contributed by atoms with Gasteiger partial charge in [0.1, 0.15) is 0 Å². The fourth-order valence-electron chi connectivity index (χ4n) is 2.15. The maximum Gasteiger partial charge on any atom is 0.0952 e. The molecule has 1 N–H and O–H groups in total. The SMILES string of the molecule is CC1CC(C)OC(c2ccc(Cl)cc2)CN1. The van der Waals surface area contributed by atoms with Gasteiger partial charge in [0.15, 0.2) is 0 Å². The van der Waals surface area contributed by atoms with E-state index in [1.807, 2.05) is 24.3 Å². The summed E-state index contributed by atoms with van der Waals surface area (Å²) in [6.07, 6.45) is 1.49. The molecule has 0 aliphatic carbocycles. The molecule has 1 aromatic rings. The van der Waals surface area contributed by atoms with E-state index in [-0.39, 0.29) is 6.10 Å². The lowest BCUT2D eigenvalue weighted by atomic mass is 10.1. The molecule has 0 amide bonds. The first-order valence-electron chi connectivity index (χ1n) is 5.79. The molecule has 0 spiro atoms. The van der Waals surface area contributed by atoms with Crippen molar-refractivity contribution >= 4 is 11.6 Å². The Hall–Kier alpha value is -0.570. The zero-order valence-electron chi connectivity index (χ0n) is 9.74. The Bertz CT molecular complexity index is 338. The van der Waals surface area contributed by atoms with Crippen molar-refractivity contribution in [1.82, 2.24) is 5.32 Å². The molecule has 1 aromatic carbocycles. The van der Waals surface area contributed by atoms with Crippen molar-refractivity contribution < 1.29 is 4.74 Å². The minimum atomic E-state index is 0.136. The van der Waals surface area contributed by atoms with Crippen molar-refractivity contribution in [2.75, 3.05) is 6.54 Å². The largest absolute Gasteiger partial charge is 0.369 e. The Labute approximate surface area is 102 Å². The molecule has 0 bridgehead atoms. The molecule has 1 aliphatic rings. The van der Waals surface area contributed by atoms with Crippen LogP contribution < -0.4 is 5.32 Å². The first-order valence-corrected chi connectivity index (χ1v) is 6.17. The van der Waals surface area contributed by atoms with Gasteiger partial charge in [0.05, 0.1) is 12.2 Å². The zero-order chi connectivity index (χ0) is 11.5. The number of hydrogen-bond acceptors (Lipinski definition) is 2. The van der Waals surface area contributed by atoms with Gasteiger partial charge in [-0.05, 0) is 38.0 Å². The van der Waals surface area contributed by atoms with Gasteiger partial charge < -0.3 is 10.1 Å². The van der Waals surface area contributed by atoms with Gasteiger partial charge in [0, 0.05) is 17.6 Å². The lowest BCUT2D eigenvalue weighted by Crippen LogP contribution is -2.27. The normalized spacial score (nSPS) is 31.1. The van der Waals surface area contributed by atoms with Crippen LogP contribution in [0.2, 0.25) is 5.02 Å². The molecule has 0 saturated carbocycles. The third-order valence-electron chi connectivity index (χ3n) is 2.98. The third kappa shape index (κ3) is 2.97. The number of benzene rings is 1. The molecule has 1 fully saturated rings. The van der Waals surface area contributed by atoms with Crippen LogP contribution in [0.5, 0.6) is 0 Å². The summed E-state index contributed by atoms with van der Waals surface area (Å²) in [6.45, 7) is 5.20. The van der Waals surface area contributed by atoms with Crippen LogP contribution in [-0.4, -0.2) is 18.7 Å². The molecule has 3 unspecified atom stereocenters. The van der Waals surface area contributed by atoms with Crippen LogP contribution in [0.15, 0.2) is 24.3 Å². The summed E-state index contributed by atoms with van der Waals surface area (Å²) >= 11 is 5.88. The van der Waals surface area contributed by atoms with Crippen molar-refractivity contribution in [2.45, 2.75) is 38.5 Å². The smallest absolute Gasteiger partial charge is 0.0952 e. The Kier molecular flexibility index (Phi) is 3.85. The minimum Gasteiger partial charge on any atom is -0.369 e. The van der Waals surface area contributed by atoms with E-state index in [0.717, 1.165) is 18.0 Å². The molecule has 1 heterocycles. The van der Waals surface area contributed by atoms with E-state index in [4.69, 9.17) is 16.3 Å². The van der Waals surface area contributed by atoms with E-state index in [9.17, 15) is 0 Å². The molecule has 2 nitrogen and oxygen atoms in total. The van der Waals surface area contributed by atoms with Crippen LogP contribution in [0.25, 0.3) is 0 Å². The van der Waals surface area contributed by atoms with Gasteiger partial charge in [-0.25, -0.2) is 0 Å². The molecule has 1 aliphatic heterocycles. The molecule has 16 heavy (non-hydrogen) atoms. The summed E-state index contributed by atoms with van der Waals surface area (Å²) < 4.78 is 6.00. The monoisotopic (exact) mass is 239 g/mol. The predicted molar refractivity (Wildman–Crippen MR) is 66.8 cm³/mol. The van der Waals surface area contributed by atoms with Gasteiger partial charge in [-0.15, -0.1) is 0 Å². The second kappa shape index (κ2) is 5.17. The molecule has 3 heteroatoms. The van der Waals surface area contributed by atoms with Crippen molar-refractivity contribution in [3.05, 3.63) is 34.9 Å². The lowest BCUT2D eigenvalue weighted by molar-refractivity contribution is 0.00718. The summed E-state index contributed by atoms with van der Waals surface area (Å²) in [5.74, 6) is 0. The van der Waals surface area contributed by atoms with Crippen molar-refractivity contribution in [3.8, 4) is 0 Å². The van der Waals surface area contributed by atoms with E-state index >= 15 is 0 Å². The molecule has 1 saturated heterocycles. The fraction of sp³-hybridized carbons (Fsp3) is 0.538. The molecule has 0 aromatic heterocycles. The fourth-order valence-corrected chi connectivity index (χ4v) is 2.27. The highest BCUT2D eigenvalue weighted by atomic mass is 35.5. The maximum absolute atomic E-state index is 6.00. The van der Waals surface area contributed by atoms with E-state index < -0.39 is 0 Å². The van der Waals surface area contributed by atoms with Gasteiger partial charge in [0.2, 0.25) is 0 Å². The Morgan fingerprint density at radius 1 is 1.25 bits per heavy atom. The van der Waals surface area contributed by atoms with Crippen LogP contribution >= 0.6 is 11.6 Å². The van der Waals surface area contributed by atoms with Crippen molar-refractivity contribution in [3.63, 3.8) is 0 Å². The summed E-state index contributed by atoms with van der Waals surface area (Å²) in [5.41, 5.74) is 1.19. The average molecular weight is 240 g/mol. The second-order valence-electron chi connectivity index (χ2n) is 4.53. The van der Waals surface area contributed by atoms with Gasteiger partial charge in [-0.2, -0.15) is 0 Å². The Morgan fingerprint density at radius 2 is 1.94 bits per heavy atom.